The second-order valence-electron chi connectivity index (χ2n) is 5.48. The van der Waals surface area contributed by atoms with Crippen molar-refractivity contribution in [1.82, 2.24) is 0 Å². The predicted molar refractivity (Wildman–Crippen MR) is 104 cm³/mol. The maximum absolute atomic E-state index is 11.9. The van der Waals surface area contributed by atoms with Crippen molar-refractivity contribution in [1.29, 1.82) is 0 Å². The zero-order chi connectivity index (χ0) is 18.1. The SMILES string of the molecule is O=C(/C=C/CCC/C=C/C(=O)c1ccc(Cl)cc1)c1ccc(Cl)cc1. The maximum Gasteiger partial charge on any atom is 0.185 e. The molecule has 2 rings (SSSR count). The van der Waals surface area contributed by atoms with Crippen molar-refractivity contribution in [3.8, 4) is 0 Å². The molecule has 0 unspecified atom stereocenters. The minimum absolute atomic E-state index is 0.0369. The zero-order valence-electron chi connectivity index (χ0n) is 13.6. The molecule has 2 nitrogen and oxygen atoms in total. The van der Waals surface area contributed by atoms with Gasteiger partial charge < -0.3 is 0 Å². The Morgan fingerprint density at radius 1 is 0.680 bits per heavy atom. The number of ketones is 2. The first-order valence-corrected chi connectivity index (χ1v) is 8.75. The van der Waals surface area contributed by atoms with Crippen molar-refractivity contribution in [2.45, 2.75) is 19.3 Å². The predicted octanol–water partition coefficient (Wildman–Crippen LogP) is 6.34. The number of carbonyl (C=O) groups is 2. The number of carbonyl (C=O) groups excluding carboxylic acids is 2. The summed E-state index contributed by atoms with van der Waals surface area (Å²) < 4.78 is 0. The lowest BCUT2D eigenvalue weighted by Crippen LogP contribution is -1.93. The second kappa shape index (κ2) is 9.97. The zero-order valence-corrected chi connectivity index (χ0v) is 15.1. The first-order valence-electron chi connectivity index (χ1n) is 7.99. The monoisotopic (exact) mass is 372 g/mol. The maximum atomic E-state index is 11.9. The number of unbranched alkanes of at least 4 members (excludes halogenated alkanes) is 2. The third-order valence-electron chi connectivity index (χ3n) is 3.54. The van der Waals surface area contributed by atoms with E-state index in [1.807, 2.05) is 12.2 Å². The van der Waals surface area contributed by atoms with Crippen LogP contribution in [0.25, 0.3) is 0 Å². The van der Waals surface area contributed by atoms with Gasteiger partial charge in [0.15, 0.2) is 11.6 Å². The molecule has 0 saturated carbocycles. The Bertz CT molecular complexity index is 705. The number of rotatable bonds is 8. The highest BCUT2D eigenvalue weighted by Crippen LogP contribution is 2.12. The van der Waals surface area contributed by atoms with Crippen molar-refractivity contribution < 1.29 is 9.59 Å². The lowest BCUT2D eigenvalue weighted by molar-refractivity contribution is 0.103. The molecule has 0 aliphatic rings. The molecule has 2 aromatic rings. The van der Waals surface area contributed by atoms with Crippen molar-refractivity contribution >= 4 is 34.8 Å². The van der Waals surface area contributed by atoms with Crippen LogP contribution in [0, 0.1) is 0 Å². The van der Waals surface area contributed by atoms with Crippen LogP contribution in [0.2, 0.25) is 10.0 Å². The van der Waals surface area contributed by atoms with E-state index in [4.69, 9.17) is 23.2 Å². The highest BCUT2D eigenvalue weighted by Gasteiger charge is 2.01. The number of hydrogen-bond acceptors (Lipinski definition) is 2. The number of halogens is 2. The summed E-state index contributed by atoms with van der Waals surface area (Å²) >= 11 is 11.6. The van der Waals surface area contributed by atoms with Crippen LogP contribution >= 0.6 is 23.2 Å². The van der Waals surface area contributed by atoms with Gasteiger partial charge in [-0.25, -0.2) is 0 Å². The molecule has 2 aromatic carbocycles. The van der Waals surface area contributed by atoms with Crippen LogP contribution in [0.15, 0.2) is 72.8 Å². The summed E-state index contributed by atoms with van der Waals surface area (Å²) in [4.78, 5) is 23.8. The largest absolute Gasteiger partial charge is 0.289 e. The molecular weight excluding hydrogens is 355 g/mol. The number of hydrogen-bond donors (Lipinski definition) is 0. The van der Waals surface area contributed by atoms with Gasteiger partial charge in [-0.05, 0) is 79.9 Å². The fourth-order valence-electron chi connectivity index (χ4n) is 2.16. The fraction of sp³-hybridized carbons (Fsp3) is 0.143. The highest BCUT2D eigenvalue weighted by atomic mass is 35.5. The highest BCUT2D eigenvalue weighted by molar-refractivity contribution is 6.31. The molecule has 0 aliphatic carbocycles. The van der Waals surface area contributed by atoms with Crippen molar-refractivity contribution in [2.75, 3.05) is 0 Å². The molecule has 0 amide bonds. The Kier molecular flexibility index (Phi) is 7.65. The molecule has 0 N–H and O–H groups in total. The summed E-state index contributed by atoms with van der Waals surface area (Å²) in [5.41, 5.74) is 1.24. The molecule has 0 aromatic heterocycles. The Hall–Kier alpha value is -2.16. The van der Waals surface area contributed by atoms with Crippen LogP contribution in [-0.2, 0) is 0 Å². The van der Waals surface area contributed by atoms with Crippen LogP contribution in [-0.4, -0.2) is 11.6 Å². The van der Waals surface area contributed by atoms with E-state index in [-0.39, 0.29) is 11.6 Å². The summed E-state index contributed by atoms with van der Waals surface area (Å²) in [6, 6.07) is 13.6. The first-order chi connectivity index (χ1) is 12.1. The van der Waals surface area contributed by atoms with E-state index in [1.165, 1.54) is 0 Å². The van der Waals surface area contributed by atoms with Crippen molar-refractivity contribution in [2.24, 2.45) is 0 Å². The average molecular weight is 373 g/mol. The summed E-state index contributed by atoms with van der Waals surface area (Å²) in [7, 11) is 0. The molecule has 0 fully saturated rings. The van der Waals surface area contributed by atoms with E-state index in [9.17, 15) is 9.59 Å². The van der Waals surface area contributed by atoms with E-state index in [0.717, 1.165) is 19.3 Å². The minimum Gasteiger partial charge on any atom is -0.289 e. The average Bonchev–Trinajstić information content (AvgIpc) is 2.61. The van der Waals surface area contributed by atoms with Gasteiger partial charge in [-0.15, -0.1) is 0 Å². The van der Waals surface area contributed by atoms with Gasteiger partial charge in [0.05, 0.1) is 0 Å². The molecule has 0 atom stereocenters. The van der Waals surface area contributed by atoms with Crippen LogP contribution < -0.4 is 0 Å². The fourth-order valence-corrected chi connectivity index (χ4v) is 2.41. The molecule has 0 bridgehead atoms. The van der Waals surface area contributed by atoms with Gasteiger partial charge in [-0.2, -0.15) is 0 Å². The van der Waals surface area contributed by atoms with Crippen molar-refractivity contribution in [3.05, 3.63) is 94.0 Å². The molecule has 0 radical (unpaired) electrons. The molecule has 0 aliphatic heterocycles. The lowest BCUT2D eigenvalue weighted by Gasteiger charge is -1.96. The van der Waals surface area contributed by atoms with Crippen LogP contribution in [0.3, 0.4) is 0 Å². The third-order valence-corrected chi connectivity index (χ3v) is 4.04. The smallest absolute Gasteiger partial charge is 0.185 e. The molecule has 0 saturated heterocycles. The molecule has 128 valence electrons. The Morgan fingerprint density at radius 2 is 1.04 bits per heavy atom. The first kappa shape index (κ1) is 19.2. The summed E-state index contributed by atoms with van der Waals surface area (Å²) in [6.07, 6.45) is 9.28. The molecular formula is C21H18Cl2O2. The normalized spacial score (nSPS) is 11.3. The van der Waals surface area contributed by atoms with E-state index in [2.05, 4.69) is 0 Å². The Labute approximate surface area is 157 Å². The van der Waals surface area contributed by atoms with Crippen LogP contribution in [0.4, 0.5) is 0 Å². The molecule has 0 heterocycles. The van der Waals surface area contributed by atoms with E-state index in [0.29, 0.717) is 21.2 Å². The van der Waals surface area contributed by atoms with Gasteiger partial charge in [0.2, 0.25) is 0 Å². The van der Waals surface area contributed by atoms with Gasteiger partial charge in [0.1, 0.15) is 0 Å². The van der Waals surface area contributed by atoms with Crippen molar-refractivity contribution in [3.63, 3.8) is 0 Å². The standard InChI is InChI=1S/C21H18Cl2O2/c22-18-12-8-16(9-13-18)20(24)6-4-2-1-3-5-7-21(25)17-10-14-19(23)15-11-17/h4-15H,1-3H2/b6-4+,7-5+. The van der Waals surface area contributed by atoms with Gasteiger partial charge in [-0.3, -0.25) is 9.59 Å². The van der Waals surface area contributed by atoms with E-state index < -0.39 is 0 Å². The number of allylic oxidation sites excluding steroid dienone is 4. The lowest BCUT2D eigenvalue weighted by atomic mass is 10.1. The van der Waals surface area contributed by atoms with Gasteiger partial charge in [0, 0.05) is 21.2 Å². The number of benzene rings is 2. The topological polar surface area (TPSA) is 34.1 Å². The summed E-state index contributed by atoms with van der Waals surface area (Å²) in [5.74, 6) is -0.0738. The van der Waals surface area contributed by atoms with Crippen LogP contribution in [0.1, 0.15) is 40.0 Å². The van der Waals surface area contributed by atoms with Gasteiger partial charge >= 0.3 is 0 Å². The molecule has 25 heavy (non-hydrogen) atoms. The minimum atomic E-state index is -0.0369. The third kappa shape index (κ3) is 6.69. The molecule has 4 heteroatoms. The quantitative estimate of drug-likeness (QED) is 0.307. The van der Waals surface area contributed by atoms with Crippen LogP contribution in [0.5, 0.6) is 0 Å². The van der Waals surface area contributed by atoms with Gasteiger partial charge in [-0.1, -0.05) is 35.4 Å². The molecule has 0 spiro atoms. The Balaban J connectivity index is 1.70. The van der Waals surface area contributed by atoms with Gasteiger partial charge in [0.25, 0.3) is 0 Å². The summed E-state index contributed by atoms with van der Waals surface area (Å²) in [6.45, 7) is 0. The van der Waals surface area contributed by atoms with E-state index in [1.54, 1.807) is 60.7 Å². The second-order valence-corrected chi connectivity index (χ2v) is 6.35. The van der Waals surface area contributed by atoms with E-state index >= 15 is 0 Å². The Morgan fingerprint density at radius 3 is 1.40 bits per heavy atom. The summed E-state index contributed by atoms with van der Waals surface area (Å²) in [5, 5.41) is 1.22.